The van der Waals surface area contributed by atoms with Gasteiger partial charge in [0, 0.05) is 38.9 Å². The summed E-state index contributed by atoms with van der Waals surface area (Å²) in [4.78, 5) is 27.8. The molecule has 1 aromatic rings. The molecule has 0 aromatic carbocycles. The fourth-order valence-corrected chi connectivity index (χ4v) is 1.65. The Kier molecular flexibility index (Phi) is 5.96. The van der Waals surface area contributed by atoms with E-state index in [9.17, 15) is 9.59 Å². The van der Waals surface area contributed by atoms with Crippen molar-refractivity contribution in [1.82, 2.24) is 9.88 Å². The smallest absolute Gasteiger partial charge is 0.303 e. The van der Waals surface area contributed by atoms with Gasteiger partial charge in [0.25, 0.3) is 5.91 Å². The normalized spacial score (nSPS) is 11.8. The average Bonchev–Trinajstić information content (AvgIpc) is 2.42. The molecule has 0 aliphatic carbocycles. The molecule has 0 aliphatic heterocycles. The highest BCUT2D eigenvalue weighted by Gasteiger charge is 2.10. The van der Waals surface area contributed by atoms with Crippen LogP contribution in [-0.4, -0.2) is 47.5 Å². The molecule has 1 aromatic heterocycles. The van der Waals surface area contributed by atoms with Crippen molar-refractivity contribution in [3.63, 3.8) is 0 Å². The SMILES string of the molecule is CC(CCC(=O)O)CNc1ccnc(C(=O)N(C)C)c1. The van der Waals surface area contributed by atoms with Crippen molar-refractivity contribution in [1.29, 1.82) is 0 Å². The maximum Gasteiger partial charge on any atom is 0.303 e. The molecule has 6 nitrogen and oxygen atoms in total. The van der Waals surface area contributed by atoms with Gasteiger partial charge in [-0.05, 0) is 24.5 Å². The van der Waals surface area contributed by atoms with Gasteiger partial charge in [-0.15, -0.1) is 0 Å². The summed E-state index contributed by atoms with van der Waals surface area (Å²) in [7, 11) is 3.36. The second-order valence-corrected chi connectivity index (χ2v) is 5.05. The van der Waals surface area contributed by atoms with E-state index in [-0.39, 0.29) is 18.2 Å². The van der Waals surface area contributed by atoms with Gasteiger partial charge < -0.3 is 15.3 Å². The van der Waals surface area contributed by atoms with E-state index in [0.29, 0.717) is 18.7 Å². The Labute approximate surface area is 118 Å². The molecule has 0 fully saturated rings. The number of aromatic nitrogens is 1. The number of carboxylic acids is 1. The third kappa shape index (κ3) is 5.26. The number of pyridine rings is 1. The molecule has 1 rings (SSSR count). The Morgan fingerprint density at radius 3 is 2.75 bits per heavy atom. The van der Waals surface area contributed by atoms with E-state index in [1.54, 1.807) is 32.4 Å². The van der Waals surface area contributed by atoms with Crippen molar-refractivity contribution in [2.45, 2.75) is 19.8 Å². The summed E-state index contributed by atoms with van der Waals surface area (Å²) >= 11 is 0. The fraction of sp³-hybridized carbons (Fsp3) is 0.500. The van der Waals surface area contributed by atoms with E-state index < -0.39 is 5.97 Å². The van der Waals surface area contributed by atoms with Crippen LogP contribution in [0.15, 0.2) is 18.3 Å². The van der Waals surface area contributed by atoms with E-state index in [1.807, 2.05) is 6.92 Å². The molecule has 0 aliphatic rings. The number of aliphatic carboxylic acids is 1. The van der Waals surface area contributed by atoms with Crippen LogP contribution in [0.1, 0.15) is 30.3 Å². The van der Waals surface area contributed by atoms with Crippen molar-refractivity contribution >= 4 is 17.6 Å². The van der Waals surface area contributed by atoms with E-state index in [1.165, 1.54) is 4.90 Å². The zero-order valence-electron chi connectivity index (χ0n) is 12.1. The molecule has 1 heterocycles. The monoisotopic (exact) mass is 279 g/mol. The number of anilines is 1. The van der Waals surface area contributed by atoms with E-state index in [2.05, 4.69) is 10.3 Å². The maximum absolute atomic E-state index is 11.8. The van der Waals surface area contributed by atoms with Gasteiger partial charge in [-0.1, -0.05) is 6.92 Å². The maximum atomic E-state index is 11.8. The van der Waals surface area contributed by atoms with Crippen LogP contribution < -0.4 is 5.32 Å². The van der Waals surface area contributed by atoms with Gasteiger partial charge in [0.1, 0.15) is 5.69 Å². The first-order valence-corrected chi connectivity index (χ1v) is 6.53. The Bertz CT molecular complexity index is 474. The minimum atomic E-state index is -0.778. The molecule has 1 atom stereocenters. The topological polar surface area (TPSA) is 82.5 Å². The Balaban J connectivity index is 2.54. The minimum absolute atomic E-state index is 0.146. The first-order chi connectivity index (χ1) is 9.40. The number of carboxylic acid groups (broad SMARTS) is 1. The van der Waals surface area contributed by atoms with Crippen LogP contribution in [0.4, 0.5) is 5.69 Å². The summed E-state index contributed by atoms with van der Waals surface area (Å²) in [5.74, 6) is -0.681. The van der Waals surface area contributed by atoms with Crippen molar-refractivity contribution in [2.24, 2.45) is 5.92 Å². The number of carbonyl (C=O) groups excluding carboxylic acids is 1. The highest BCUT2D eigenvalue weighted by molar-refractivity contribution is 5.92. The summed E-state index contributed by atoms with van der Waals surface area (Å²) in [6.07, 6.45) is 2.38. The molecular formula is C14H21N3O3. The highest BCUT2D eigenvalue weighted by atomic mass is 16.4. The van der Waals surface area contributed by atoms with Crippen LogP contribution >= 0.6 is 0 Å². The van der Waals surface area contributed by atoms with E-state index in [0.717, 1.165) is 5.69 Å². The molecular weight excluding hydrogens is 258 g/mol. The zero-order chi connectivity index (χ0) is 15.1. The highest BCUT2D eigenvalue weighted by Crippen LogP contribution is 2.12. The molecule has 110 valence electrons. The third-order valence-electron chi connectivity index (χ3n) is 2.89. The quantitative estimate of drug-likeness (QED) is 0.793. The summed E-state index contributed by atoms with van der Waals surface area (Å²) in [5.41, 5.74) is 1.20. The lowest BCUT2D eigenvalue weighted by Crippen LogP contribution is -2.23. The number of hydrogen-bond acceptors (Lipinski definition) is 4. The number of nitrogens with one attached hydrogen (secondary N) is 1. The lowest BCUT2D eigenvalue weighted by Gasteiger charge is -2.14. The first kappa shape index (κ1) is 15.9. The third-order valence-corrected chi connectivity index (χ3v) is 2.89. The number of hydrogen-bond donors (Lipinski definition) is 2. The predicted octanol–water partition coefficient (Wildman–Crippen LogP) is 1.70. The number of amides is 1. The van der Waals surface area contributed by atoms with Gasteiger partial charge in [0.15, 0.2) is 0 Å². The second kappa shape index (κ2) is 7.47. The van der Waals surface area contributed by atoms with Crippen molar-refractivity contribution in [2.75, 3.05) is 26.0 Å². The first-order valence-electron chi connectivity index (χ1n) is 6.53. The van der Waals surface area contributed by atoms with Gasteiger partial charge in [-0.3, -0.25) is 14.6 Å². The van der Waals surface area contributed by atoms with Crippen LogP contribution in [0.5, 0.6) is 0 Å². The molecule has 6 heteroatoms. The summed E-state index contributed by atoms with van der Waals surface area (Å²) in [6, 6.07) is 3.49. The van der Waals surface area contributed by atoms with Crippen molar-refractivity contribution < 1.29 is 14.7 Å². The number of carbonyl (C=O) groups is 2. The Morgan fingerprint density at radius 2 is 2.15 bits per heavy atom. The van der Waals surface area contributed by atoms with E-state index >= 15 is 0 Å². The largest absolute Gasteiger partial charge is 0.481 e. The Morgan fingerprint density at radius 1 is 1.45 bits per heavy atom. The van der Waals surface area contributed by atoms with Crippen molar-refractivity contribution in [3.8, 4) is 0 Å². The molecule has 1 unspecified atom stereocenters. The molecule has 0 spiro atoms. The van der Waals surface area contributed by atoms with Crippen molar-refractivity contribution in [3.05, 3.63) is 24.0 Å². The number of nitrogens with zero attached hydrogens (tertiary/aromatic N) is 2. The summed E-state index contributed by atoms with van der Waals surface area (Å²) in [5, 5.41) is 11.8. The molecule has 0 saturated carbocycles. The van der Waals surface area contributed by atoms with Crippen LogP contribution in [0, 0.1) is 5.92 Å². The van der Waals surface area contributed by atoms with Crippen LogP contribution in [0.2, 0.25) is 0 Å². The molecule has 0 saturated heterocycles. The van der Waals surface area contributed by atoms with Gasteiger partial charge in [-0.2, -0.15) is 0 Å². The summed E-state index contributed by atoms with van der Waals surface area (Å²) < 4.78 is 0. The summed E-state index contributed by atoms with van der Waals surface area (Å²) in [6.45, 7) is 2.65. The van der Waals surface area contributed by atoms with Gasteiger partial charge >= 0.3 is 5.97 Å². The molecule has 20 heavy (non-hydrogen) atoms. The predicted molar refractivity (Wildman–Crippen MR) is 76.8 cm³/mol. The van der Waals surface area contributed by atoms with Crippen LogP contribution in [0.3, 0.4) is 0 Å². The molecule has 0 radical (unpaired) electrons. The fourth-order valence-electron chi connectivity index (χ4n) is 1.65. The standard InChI is InChI=1S/C14H21N3O3/c1-10(4-5-13(18)19)9-16-11-6-7-15-12(8-11)14(20)17(2)3/h6-8,10H,4-5,9H2,1-3H3,(H,15,16)(H,18,19). The van der Waals surface area contributed by atoms with Gasteiger partial charge in [0.05, 0.1) is 0 Å². The van der Waals surface area contributed by atoms with Gasteiger partial charge in [0.2, 0.25) is 0 Å². The Hall–Kier alpha value is -2.11. The molecule has 2 N–H and O–H groups in total. The second-order valence-electron chi connectivity index (χ2n) is 5.05. The van der Waals surface area contributed by atoms with Crippen LogP contribution in [-0.2, 0) is 4.79 Å². The molecule has 0 bridgehead atoms. The minimum Gasteiger partial charge on any atom is -0.481 e. The lowest BCUT2D eigenvalue weighted by molar-refractivity contribution is -0.137. The number of rotatable bonds is 7. The molecule has 1 amide bonds. The lowest BCUT2D eigenvalue weighted by atomic mass is 10.1. The van der Waals surface area contributed by atoms with Gasteiger partial charge in [-0.25, -0.2) is 0 Å². The average molecular weight is 279 g/mol. The zero-order valence-corrected chi connectivity index (χ0v) is 12.1. The van der Waals surface area contributed by atoms with Crippen LogP contribution in [0.25, 0.3) is 0 Å². The van der Waals surface area contributed by atoms with E-state index in [4.69, 9.17) is 5.11 Å².